The van der Waals surface area contributed by atoms with Crippen LogP contribution in [-0.4, -0.2) is 28.6 Å². The van der Waals surface area contributed by atoms with Crippen molar-refractivity contribution in [1.29, 1.82) is 0 Å². The van der Waals surface area contributed by atoms with Crippen molar-refractivity contribution in [3.05, 3.63) is 34.2 Å². The smallest absolute Gasteiger partial charge is 0.237 e. The van der Waals surface area contributed by atoms with E-state index < -0.39 is 0 Å². The molecule has 0 aromatic carbocycles. The molecule has 0 fully saturated rings. The van der Waals surface area contributed by atoms with E-state index in [0.29, 0.717) is 5.88 Å². The second-order valence-electron chi connectivity index (χ2n) is 4.13. The van der Waals surface area contributed by atoms with Gasteiger partial charge in [0.2, 0.25) is 5.88 Å². The highest BCUT2D eigenvalue weighted by Gasteiger charge is 2.22. The molecule has 5 nitrogen and oxygen atoms in total. The summed E-state index contributed by atoms with van der Waals surface area (Å²) in [5.41, 5.74) is 1.75. The molecule has 2 aromatic rings. The summed E-state index contributed by atoms with van der Waals surface area (Å²) in [5, 5.41) is 6.55. The number of hydrogen-bond donors (Lipinski definition) is 1. The van der Waals surface area contributed by atoms with Gasteiger partial charge in [-0.15, -0.1) is 11.3 Å². The first-order valence-corrected chi connectivity index (χ1v) is 7.14. The van der Waals surface area contributed by atoms with E-state index >= 15 is 0 Å². The molecule has 0 saturated carbocycles. The summed E-state index contributed by atoms with van der Waals surface area (Å²) in [6.45, 7) is 5.02. The van der Waals surface area contributed by atoms with Gasteiger partial charge in [0.1, 0.15) is 5.69 Å². The fraction of sp³-hybridized carbons (Fsp3) is 0.462. The highest BCUT2D eigenvalue weighted by molar-refractivity contribution is 7.09. The zero-order valence-corrected chi connectivity index (χ0v) is 12.2. The molecular formula is C13H18N4OS. The van der Waals surface area contributed by atoms with Gasteiger partial charge in [-0.05, 0) is 19.9 Å². The van der Waals surface area contributed by atoms with Crippen molar-refractivity contribution in [2.75, 3.05) is 13.7 Å². The van der Waals surface area contributed by atoms with Crippen molar-refractivity contribution >= 4 is 11.3 Å². The number of rotatable bonds is 6. The van der Waals surface area contributed by atoms with Crippen molar-refractivity contribution < 1.29 is 4.74 Å². The van der Waals surface area contributed by atoms with E-state index in [0.717, 1.165) is 29.4 Å². The molecule has 0 aliphatic heterocycles. The SMILES string of the molecule is CCCNC(c1csc(C)n1)c1nccnc1OC. The first-order valence-electron chi connectivity index (χ1n) is 6.26. The van der Waals surface area contributed by atoms with Crippen LogP contribution in [0.25, 0.3) is 0 Å². The molecule has 0 aliphatic rings. The minimum absolute atomic E-state index is 0.0754. The van der Waals surface area contributed by atoms with Crippen molar-refractivity contribution in [3.63, 3.8) is 0 Å². The Hall–Kier alpha value is -1.53. The fourth-order valence-electron chi connectivity index (χ4n) is 1.83. The number of nitrogens with zero attached hydrogens (tertiary/aromatic N) is 3. The van der Waals surface area contributed by atoms with Crippen molar-refractivity contribution in [2.24, 2.45) is 0 Å². The van der Waals surface area contributed by atoms with Gasteiger partial charge in [0.25, 0.3) is 0 Å². The molecule has 0 radical (unpaired) electrons. The van der Waals surface area contributed by atoms with Gasteiger partial charge < -0.3 is 10.1 Å². The first-order chi connectivity index (χ1) is 9.26. The van der Waals surface area contributed by atoms with E-state index in [9.17, 15) is 0 Å². The van der Waals surface area contributed by atoms with Gasteiger partial charge in [0.15, 0.2) is 0 Å². The summed E-state index contributed by atoms with van der Waals surface area (Å²) in [4.78, 5) is 13.2. The van der Waals surface area contributed by atoms with E-state index in [1.54, 1.807) is 30.8 Å². The number of nitrogens with one attached hydrogen (secondary N) is 1. The van der Waals surface area contributed by atoms with E-state index in [1.165, 1.54) is 0 Å². The summed E-state index contributed by atoms with van der Waals surface area (Å²) < 4.78 is 5.30. The van der Waals surface area contributed by atoms with Gasteiger partial charge in [-0.25, -0.2) is 9.97 Å². The van der Waals surface area contributed by atoms with Gasteiger partial charge in [0, 0.05) is 17.8 Å². The van der Waals surface area contributed by atoms with Crippen LogP contribution >= 0.6 is 11.3 Å². The van der Waals surface area contributed by atoms with Crippen molar-refractivity contribution in [2.45, 2.75) is 26.3 Å². The Morgan fingerprint density at radius 2 is 2.16 bits per heavy atom. The molecule has 19 heavy (non-hydrogen) atoms. The topological polar surface area (TPSA) is 59.9 Å². The Balaban J connectivity index is 2.36. The Morgan fingerprint density at radius 3 is 2.79 bits per heavy atom. The van der Waals surface area contributed by atoms with Crippen LogP contribution in [0.1, 0.15) is 35.8 Å². The predicted octanol–water partition coefficient (Wildman–Crippen LogP) is 2.34. The average molecular weight is 278 g/mol. The van der Waals surface area contributed by atoms with E-state index in [-0.39, 0.29) is 6.04 Å². The number of methoxy groups -OCH3 is 1. The molecule has 0 bridgehead atoms. The van der Waals surface area contributed by atoms with Crippen LogP contribution < -0.4 is 10.1 Å². The van der Waals surface area contributed by atoms with Crippen LogP contribution in [0.3, 0.4) is 0 Å². The molecule has 0 spiro atoms. The van der Waals surface area contributed by atoms with Crippen LogP contribution in [0.5, 0.6) is 5.88 Å². The third kappa shape index (κ3) is 3.27. The van der Waals surface area contributed by atoms with Gasteiger partial charge in [-0.1, -0.05) is 6.92 Å². The number of aryl methyl sites for hydroxylation is 1. The van der Waals surface area contributed by atoms with Crippen LogP contribution in [-0.2, 0) is 0 Å². The zero-order valence-electron chi connectivity index (χ0n) is 11.4. The molecule has 2 aromatic heterocycles. The fourth-order valence-corrected chi connectivity index (χ4v) is 2.47. The maximum atomic E-state index is 5.30. The minimum atomic E-state index is -0.0754. The summed E-state index contributed by atoms with van der Waals surface area (Å²) in [5.74, 6) is 0.543. The second-order valence-corrected chi connectivity index (χ2v) is 5.19. The Labute approximate surface area is 117 Å². The molecule has 0 amide bonds. The van der Waals surface area contributed by atoms with E-state index in [4.69, 9.17) is 4.74 Å². The maximum absolute atomic E-state index is 5.30. The molecule has 0 saturated heterocycles. The lowest BCUT2D eigenvalue weighted by Crippen LogP contribution is -2.25. The normalized spacial score (nSPS) is 12.4. The van der Waals surface area contributed by atoms with Gasteiger partial charge >= 0.3 is 0 Å². The van der Waals surface area contributed by atoms with Crippen LogP contribution in [0, 0.1) is 6.92 Å². The monoisotopic (exact) mass is 278 g/mol. The summed E-state index contributed by atoms with van der Waals surface area (Å²) in [6, 6.07) is -0.0754. The molecule has 1 unspecified atom stereocenters. The van der Waals surface area contributed by atoms with E-state index in [2.05, 4.69) is 32.6 Å². The van der Waals surface area contributed by atoms with Gasteiger partial charge in [-0.3, -0.25) is 4.98 Å². The van der Waals surface area contributed by atoms with Gasteiger partial charge in [0.05, 0.1) is 23.9 Å². The summed E-state index contributed by atoms with van der Waals surface area (Å²) in [7, 11) is 1.61. The standard InChI is InChI=1S/C13H18N4OS/c1-4-5-14-11(10-8-19-9(2)17-10)12-13(18-3)16-7-6-15-12/h6-8,11,14H,4-5H2,1-3H3. The number of aromatic nitrogens is 3. The molecule has 0 aliphatic carbocycles. The van der Waals surface area contributed by atoms with Crippen LogP contribution in [0.4, 0.5) is 0 Å². The lowest BCUT2D eigenvalue weighted by molar-refractivity contribution is 0.382. The molecule has 1 N–H and O–H groups in total. The average Bonchev–Trinajstić information content (AvgIpc) is 2.86. The third-order valence-electron chi connectivity index (χ3n) is 2.69. The molecule has 2 rings (SSSR count). The summed E-state index contributed by atoms with van der Waals surface area (Å²) in [6.07, 6.45) is 4.35. The van der Waals surface area contributed by atoms with Crippen molar-refractivity contribution in [1.82, 2.24) is 20.3 Å². The van der Waals surface area contributed by atoms with Crippen LogP contribution in [0.15, 0.2) is 17.8 Å². The number of hydrogen-bond acceptors (Lipinski definition) is 6. The Morgan fingerprint density at radius 1 is 1.37 bits per heavy atom. The third-order valence-corrected chi connectivity index (χ3v) is 3.48. The largest absolute Gasteiger partial charge is 0.480 e. The lowest BCUT2D eigenvalue weighted by Gasteiger charge is -2.17. The number of ether oxygens (including phenoxy) is 1. The maximum Gasteiger partial charge on any atom is 0.237 e. The second kappa shape index (κ2) is 6.58. The molecule has 1 atom stereocenters. The highest BCUT2D eigenvalue weighted by Crippen LogP contribution is 2.27. The summed E-state index contributed by atoms with van der Waals surface area (Å²) >= 11 is 1.63. The quantitative estimate of drug-likeness (QED) is 0.879. The molecule has 6 heteroatoms. The Bertz CT molecular complexity index is 529. The molecule has 102 valence electrons. The first kappa shape index (κ1) is 13.9. The predicted molar refractivity (Wildman–Crippen MR) is 75.6 cm³/mol. The highest BCUT2D eigenvalue weighted by atomic mass is 32.1. The zero-order chi connectivity index (χ0) is 13.7. The van der Waals surface area contributed by atoms with Crippen LogP contribution in [0.2, 0.25) is 0 Å². The minimum Gasteiger partial charge on any atom is -0.480 e. The van der Waals surface area contributed by atoms with E-state index in [1.807, 2.05) is 6.92 Å². The van der Waals surface area contributed by atoms with Crippen molar-refractivity contribution in [3.8, 4) is 5.88 Å². The van der Waals surface area contributed by atoms with Gasteiger partial charge in [-0.2, -0.15) is 0 Å². The molecular weight excluding hydrogens is 260 g/mol. The molecule has 2 heterocycles. The Kier molecular flexibility index (Phi) is 4.81. The lowest BCUT2D eigenvalue weighted by atomic mass is 10.1. The number of thiazole rings is 1.